The first-order valence-corrected chi connectivity index (χ1v) is 8.59. The zero-order chi connectivity index (χ0) is 17.2. The Kier molecular flexibility index (Phi) is 4.07. The van der Waals surface area contributed by atoms with Gasteiger partial charge in [-0.2, -0.15) is 0 Å². The Morgan fingerprint density at radius 1 is 1.24 bits per heavy atom. The van der Waals surface area contributed by atoms with Crippen molar-refractivity contribution in [3.8, 4) is 5.75 Å². The molecule has 0 spiro atoms. The molecule has 1 atom stereocenters. The molecule has 25 heavy (non-hydrogen) atoms. The number of fused-ring (bicyclic) bond motifs is 1. The van der Waals surface area contributed by atoms with Gasteiger partial charge in [0.15, 0.2) is 11.2 Å². The number of nitrogens with zero attached hydrogens (tertiary/aromatic N) is 2. The maximum atomic E-state index is 12.4. The number of hydrogen-bond donors (Lipinski definition) is 1. The topological polar surface area (TPSA) is 72.8 Å². The van der Waals surface area contributed by atoms with Crippen LogP contribution in [0, 0.1) is 0 Å². The SMILES string of the molecule is COc1cccc2sc(NC(=O)C3=NOC(c4ccccc4)C3)nc12. The molecule has 1 aromatic heterocycles. The normalized spacial score (nSPS) is 16.4. The van der Waals surface area contributed by atoms with Gasteiger partial charge in [-0.15, -0.1) is 0 Å². The van der Waals surface area contributed by atoms with E-state index >= 15 is 0 Å². The highest BCUT2D eigenvalue weighted by molar-refractivity contribution is 7.22. The van der Waals surface area contributed by atoms with Gasteiger partial charge in [-0.25, -0.2) is 4.98 Å². The van der Waals surface area contributed by atoms with Crippen molar-refractivity contribution in [2.24, 2.45) is 5.16 Å². The molecule has 7 heteroatoms. The predicted molar refractivity (Wildman–Crippen MR) is 97.1 cm³/mol. The smallest absolute Gasteiger partial charge is 0.275 e. The van der Waals surface area contributed by atoms with Crippen molar-refractivity contribution < 1.29 is 14.4 Å². The third-order valence-electron chi connectivity index (χ3n) is 3.92. The number of amides is 1. The molecule has 0 saturated heterocycles. The second kappa shape index (κ2) is 6.52. The van der Waals surface area contributed by atoms with Crippen LogP contribution >= 0.6 is 11.3 Å². The summed E-state index contributed by atoms with van der Waals surface area (Å²) in [6.45, 7) is 0. The van der Waals surface area contributed by atoms with Crippen LogP contribution in [0.1, 0.15) is 18.1 Å². The zero-order valence-electron chi connectivity index (χ0n) is 13.4. The standard InChI is InChI=1S/C18H15N3O3S/c1-23-13-8-5-9-15-16(13)19-18(25-15)20-17(22)12-10-14(24-21-12)11-6-3-2-4-7-11/h2-9,14H,10H2,1H3,(H,19,20,22). The molecule has 0 aliphatic carbocycles. The van der Waals surface area contributed by atoms with Crippen LogP contribution in [0.15, 0.2) is 53.7 Å². The van der Waals surface area contributed by atoms with E-state index in [4.69, 9.17) is 9.57 Å². The van der Waals surface area contributed by atoms with Crippen LogP contribution in [0.4, 0.5) is 5.13 Å². The summed E-state index contributed by atoms with van der Waals surface area (Å²) in [7, 11) is 1.60. The number of rotatable bonds is 4. The zero-order valence-corrected chi connectivity index (χ0v) is 14.2. The summed E-state index contributed by atoms with van der Waals surface area (Å²) in [6, 6.07) is 15.4. The fraction of sp³-hybridized carbons (Fsp3) is 0.167. The fourth-order valence-electron chi connectivity index (χ4n) is 2.67. The van der Waals surface area contributed by atoms with Crippen molar-refractivity contribution in [1.82, 2.24) is 4.98 Å². The first-order valence-electron chi connectivity index (χ1n) is 7.77. The van der Waals surface area contributed by atoms with E-state index in [1.807, 2.05) is 48.5 Å². The number of aromatic nitrogens is 1. The number of para-hydroxylation sites is 1. The van der Waals surface area contributed by atoms with Crippen LogP contribution in [0.2, 0.25) is 0 Å². The summed E-state index contributed by atoms with van der Waals surface area (Å²) in [5, 5.41) is 7.24. The number of oxime groups is 1. The molecule has 0 bridgehead atoms. The van der Waals surface area contributed by atoms with Gasteiger partial charge in [0.1, 0.15) is 17.0 Å². The van der Waals surface area contributed by atoms with Crippen molar-refractivity contribution in [1.29, 1.82) is 0 Å². The summed E-state index contributed by atoms with van der Waals surface area (Å²) in [6.07, 6.45) is 0.210. The maximum absolute atomic E-state index is 12.4. The number of ether oxygens (including phenoxy) is 1. The summed E-state index contributed by atoms with van der Waals surface area (Å²) in [5.74, 6) is 0.386. The number of benzene rings is 2. The molecule has 1 N–H and O–H groups in total. The van der Waals surface area contributed by atoms with Gasteiger partial charge in [-0.3, -0.25) is 10.1 Å². The Bertz CT molecular complexity index is 953. The molecular formula is C18H15N3O3S. The first kappa shape index (κ1) is 15.6. The lowest BCUT2D eigenvalue weighted by Gasteiger charge is -2.07. The molecule has 1 amide bonds. The predicted octanol–water partition coefficient (Wildman–Crippen LogP) is 3.76. The van der Waals surface area contributed by atoms with Crippen molar-refractivity contribution in [3.63, 3.8) is 0 Å². The number of methoxy groups -OCH3 is 1. The third kappa shape index (κ3) is 3.06. The average molecular weight is 353 g/mol. The van der Waals surface area contributed by atoms with E-state index in [1.165, 1.54) is 11.3 Å². The average Bonchev–Trinajstić information content (AvgIpc) is 3.29. The third-order valence-corrected chi connectivity index (χ3v) is 4.86. The lowest BCUT2D eigenvalue weighted by Crippen LogP contribution is -2.21. The lowest BCUT2D eigenvalue weighted by molar-refractivity contribution is -0.110. The number of carbonyl (C=O) groups excluding carboxylic acids is 1. The van der Waals surface area contributed by atoms with E-state index < -0.39 is 0 Å². The first-order chi connectivity index (χ1) is 12.2. The molecule has 126 valence electrons. The summed E-state index contributed by atoms with van der Waals surface area (Å²) < 4.78 is 6.24. The number of anilines is 1. The van der Waals surface area contributed by atoms with Crippen LogP contribution in [0.5, 0.6) is 5.75 Å². The van der Waals surface area contributed by atoms with Crippen LogP contribution in [-0.2, 0) is 9.63 Å². The van der Waals surface area contributed by atoms with E-state index in [9.17, 15) is 4.79 Å². The van der Waals surface area contributed by atoms with E-state index in [0.717, 1.165) is 15.8 Å². The molecule has 2 heterocycles. The van der Waals surface area contributed by atoms with E-state index in [0.29, 0.717) is 23.0 Å². The summed E-state index contributed by atoms with van der Waals surface area (Å²) >= 11 is 1.39. The molecule has 6 nitrogen and oxygen atoms in total. The Morgan fingerprint density at radius 3 is 2.88 bits per heavy atom. The quantitative estimate of drug-likeness (QED) is 0.775. The van der Waals surface area contributed by atoms with Crippen molar-refractivity contribution in [3.05, 3.63) is 54.1 Å². The van der Waals surface area contributed by atoms with Gasteiger partial charge in [0.2, 0.25) is 0 Å². The second-order valence-electron chi connectivity index (χ2n) is 5.53. The van der Waals surface area contributed by atoms with E-state index in [2.05, 4.69) is 15.5 Å². The van der Waals surface area contributed by atoms with Crippen molar-refractivity contribution in [2.45, 2.75) is 12.5 Å². The minimum Gasteiger partial charge on any atom is -0.494 e. The number of thiazole rings is 1. The Hall–Kier alpha value is -2.93. The van der Waals surface area contributed by atoms with Gasteiger partial charge in [-0.1, -0.05) is 52.9 Å². The number of hydrogen-bond acceptors (Lipinski definition) is 6. The Labute approximate surface area is 148 Å². The number of nitrogens with one attached hydrogen (secondary N) is 1. The van der Waals surface area contributed by atoms with Gasteiger partial charge < -0.3 is 9.57 Å². The van der Waals surface area contributed by atoms with Gasteiger partial charge in [0.25, 0.3) is 5.91 Å². The lowest BCUT2D eigenvalue weighted by atomic mass is 10.0. The molecule has 0 fully saturated rings. The molecule has 3 aromatic rings. The summed E-state index contributed by atoms with van der Waals surface area (Å²) in [4.78, 5) is 22.3. The van der Waals surface area contributed by atoms with Gasteiger partial charge >= 0.3 is 0 Å². The molecule has 1 unspecified atom stereocenters. The Morgan fingerprint density at radius 2 is 2.08 bits per heavy atom. The highest BCUT2D eigenvalue weighted by Gasteiger charge is 2.27. The van der Waals surface area contributed by atoms with Crippen molar-refractivity contribution >= 4 is 38.3 Å². The summed E-state index contributed by atoms with van der Waals surface area (Å²) in [5.41, 5.74) is 2.09. The minimum atomic E-state index is -0.295. The van der Waals surface area contributed by atoms with Crippen LogP contribution in [0.25, 0.3) is 10.2 Å². The molecule has 2 aromatic carbocycles. The van der Waals surface area contributed by atoms with E-state index in [1.54, 1.807) is 7.11 Å². The molecule has 4 rings (SSSR count). The number of carbonyl (C=O) groups is 1. The van der Waals surface area contributed by atoms with Crippen molar-refractivity contribution in [2.75, 3.05) is 12.4 Å². The van der Waals surface area contributed by atoms with Gasteiger partial charge in [-0.05, 0) is 17.7 Å². The largest absolute Gasteiger partial charge is 0.494 e. The van der Waals surface area contributed by atoms with Gasteiger partial charge in [0, 0.05) is 6.42 Å². The highest BCUT2D eigenvalue weighted by atomic mass is 32.1. The molecule has 0 saturated carbocycles. The van der Waals surface area contributed by atoms with Gasteiger partial charge in [0.05, 0.1) is 11.8 Å². The highest BCUT2D eigenvalue weighted by Crippen LogP contribution is 2.32. The molecule has 0 radical (unpaired) electrons. The van der Waals surface area contributed by atoms with Crippen LogP contribution in [0.3, 0.4) is 0 Å². The maximum Gasteiger partial charge on any atom is 0.275 e. The molecule has 1 aliphatic rings. The monoisotopic (exact) mass is 353 g/mol. The second-order valence-corrected chi connectivity index (χ2v) is 6.56. The van der Waals surface area contributed by atoms with Crippen LogP contribution < -0.4 is 10.1 Å². The van der Waals surface area contributed by atoms with E-state index in [-0.39, 0.29) is 12.0 Å². The fourth-order valence-corrected chi connectivity index (χ4v) is 3.55. The molecular weight excluding hydrogens is 338 g/mol. The Balaban J connectivity index is 1.48. The van der Waals surface area contributed by atoms with Crippen LogP contribution in [-0.4, -0.2) is 23.7 Å². The minimum absolute atomic E-state index is 0.225. The molecule has 1 aliphatic heterocycles.